The molecule has 0 bridgehead atoms. The minimum Gasteiger partial charge on any atom is -0.423 e. The molecule has 1 heterocycles. The molecule has 0 aromatic carbocycles. The van der Waals surface area contributed by atoms with Gasteiger partial charge >= 0.3 is 11.9 Å². The van der Waals surface area contributed by atoms with Crippen molar-refractivity contribution < 1.29 is 19.1 Å². The van der Waals surface area contributed by atoms with E-state index in [1.54, 1.807) is 0 Å². The predicted octanol–water partition coefficient (Wildman–Crippen LogP) is 1.60. The van der Waals surface area contributed by atoms with E-state index in [0.29, 0.717) is 12.8 Å². The van der Waals surface area contributed by atoms with Gasteiger partial charge in [-0.1, -0.05) is 13.8 Å². The molecule has 0 aromatic heterocycles. The molecule has 0 saturated carbocycles. The van der Waals surface area contributed by atoms with Crippen molar-refractivity contribution in [1.82, 2.24) is 0 Å². The molecule has 1 rings (SSSR count). The zero-order valence-electron chi connectivity index (χ0n) is 8.21. The highest BCUT2D eigenvalue weighted by molar-refractivity contribution is 6.24. The molecule has 4 nitrogen and oxygen atoms in total. The molecule has 0 aromatic rings. The minimum absolute atomic E-state index is 0.323. The van der Waals surface area contributed by atoms with Crippen LogP contribution in [0.4, 0.5) is 0 Å². The van der Waals surface area contributed by atoms with E-state index in [9.17, 15) is 9.59 Å². The van der Waals surface area contributed by atoms with E-state index in [-0.39, 0.29) is 6.42 Å². The third-order valence-corrected chi connectivity index (χ3v) is 3.08. The molecule has 0 aliphatic carbocycles. The van der Waals surface area contributed by atoms with Crippen molar-refractivity contribution in [2.24, 2.45) is 0 Å². The maximum absolute atomic E-state index is 11.0. The average molecular weight is 221 g/mol. The molecule has 0 unspecified atom stereocenters. The van der Waals surface area contributed by atoms with E-state index in [1.807, 2.05) is 13.8 Å². The number of carbonyl (C=O) groups excluding carboxylic acids is 2. The fourth-order valence-electron chi connectivity index (χ4n) is 1.26. The topological polar surface area (TPSA) is 52.6 Å². The van der Waals surface area contributed by atoms with Crippen LogP contribution in [0.1, 0.15) is 33.1 Å². The fourth-order valence-corrected chi connectivity index (χ4v) is 1.35. The molecule has 1 aliphatic rings. The number of ether oxygens (including phenoxy) is 2. The van der Waals surface area contributed by atoms with Gasteiger partial charge in [-0.2, -0.15) is 0 Å². The molecule has 80 valence electrons. The molecule has 0 amide bonds. The van der Waals surface area contributed by atoms with Gasteiger partial charge < -0.3 is 9.47 Å². The molecule has 5 heteroatoms. The number of carbonyl (C=O) groups is 2. The molecule has 14 heavy (non-hydrogen) atoms. The van der Waals surface area contributed by atoms with E-state index >= 15 is 0 Å². The largest absolute Gasteiger partial charge is 0.423 e. The first-order valence-corrected chi connectivity index (χ1v) is 4.97. The number of hydrogen-bond donors (Lipinski definition) is 0. The lowest BCUT2D eigenvalue weighted by molar-refractivity contribution is -0.210. The summed E-state index contributed by atoms with van der Waals surface area (Å²) in [6, 6.07) is 0. The third-order valence-electron chi connectivity index (χ3n) is 2.36. The Labute approximate surface area is 87.5 Å². The Balaban J connectivity index is 2.76. The summed E-state index contributed by atoms with van der Waals surface area (Å²) in [5.41, 5.74) is 0. The van der Waals surface area contributed by atoms with Crippen LogP contribution in [-0.4, -0.2) is 23.1 Å². The monoisotopic (exact) mass is 220 g/mol. The summed E-state index contributed by atoms with van der Waals surface area (Å²) in [6.45, 7) is 3.71. The van der Waals surface area contributed by atoms with E-state index < -0.39 is 23.1 Å². The number of halogens is 1. The van der Waals surface area contributed by atoms with Crippen LogP contribution < -0.4 is 0 Å². The van der Waals surface area contributed by atoms with Crippen molar-refractivity contribution in [3.05, 3.63) is 0 Å². The van der Waals surface area contributed by atoms with Crippen molar-refractivity contribution in [2.75, 3.05) is 0 Å². The van der Waals surface area contributed by atoms with Gasteiger partial charge in [-0.15, -0.1) is 11.6 Å². The highest BCUT2D eigenvalue weighted by atomic mass is 35.5. The van der Waals surface area contributed by atoms with E-state index in [2.05, 4.69) is 0 Å². The highest BCUT2D eigenvalue weighted by Crippen LogP contribution is 2.32. The molecule has 1 saturated heterocycles. The Kier molecular flexibility index (Phi) is 3.37. The standard InChI is InChI=1S/C9H13ClO4/c1-3-9(10,4-2)8-13-6(11)5-7(12)14-8/h8H,3-5H2,1-2H3. The van der Waals surface area contributed by atoms with E-state index in [0.717, 1.165) is 0 Å². The van der Waals surface area contributed by atoms with Crippen molar-refractivity contribution in [3.63, 3.8) is 0 Å². The van der Waals surface area contributed by atoms with E-state index in [1.165, 1.54) is 0 Å². The van der Waals surface area contributed by atoms with Crippen LogP contribution in [0.3, 0.4) is 0 Å². The molecule has 1 aliphatic heterocycles. The number of alkyl halides is 1. The Bertz CT molecular complexity index is 231. The second-order valence-electron chi connectivity index (χ2n) is 3.23. The molecule has 0 N–H and O–H groups in total. The smallest absolute Gasteiger partial charge is 0.320 e. The van der Waals surface area contributed by atoms with Gasteiger partial charge in [0.1, 0.15) is 11.3 Å². The second kappa shape index (κ2) is 4.17. The highest BCUT2D eigenvalue weighted by Gasteiger charge is 2.42. The average Bonchev–Trinajstić information content (AvgIpc) is 2.15. The maximum Gasteiger partial charge on any atom is 0.320 e. The number of cyclic esters (lactones) is 2. The van der Waals surface area contributed by atoms with Gasteiger partial charge in [0.15, 0.2) is 0 Å². The summed E-state index contributed by atoms with van der Waals surface area (Å²) in [4.78, 5) is 21.2. The van der Waals surface area contributed by atoms with Gasteiger partial charge in [0.25, 0.3) is 6.29 Å². The van der Waals surface area contributed by atoms with Crippen LogP contribution in [0.2, 0.25) is 0 Å². The number of esters is 2. The fraction of sp³-hybridized carbons (Fsp3) is 0.778. The van der Waals surface area contributed by atoms with Crippen LogP contribution in [-0.2, 0) is 19.1 Å². The zero-order chi connectivity index (χ0) is 10.8. The summed E-state index contributed by atoms with van der Waals surface area (Å²) < 4.78 is 9.78. The van der Waals surface area contributed by atoms with Crippen LogP contribution in [0, 0.1) is 0 Å². The lowest BCUT2D eigenvalue weighted by Gasteiger charge is -2.34. The molecule has 0 radical (unpaired) electrons. The molecular weight excluding hydrogens is 208 g/mol. The van der Waals surface area contributed by atoms with Gasteiger partial charge in [0.05, 0.1) is 0 Å². The molecule has 0 atom stereocenters. The van der Waals surface area contributed by atoms with Crippen LogP contribution in [0.25, 0.3) is 0 Å². The first kappa shape index (κ1) is 11.3. The molecular formula is C9H13ClO4. The summed E-state index contributed by atoms with van der Waals surface area (Å²) in [7, 11) is 0. The van der Waals surface area contributed by atoms with Gasteiger partial charge in [0.2, 0.25) is 0 Å². The summed E-state index contributed by atoms with van der Waals surface area (Å²) in [5.74, 6) is -1.14. The van der Waals surface area contributed by atoms with Crippen molar-refractivity contribution in [2.45, 2.75) is 44.3 Å². The van der Waals surface area contributed by atoms with Crippen LogP contribution in [0.5, 0.6) is 0 Å². The van der Waals surface area contributed by atoms with Crippen LogP contribution >= 0.6 is 11.6 Å². The summed E-state index contributed by atoms with van der Waals surface area (Å²) in [5, 5.41) is 0. The summed E-state index contributed by atoms with van der Waals surface area (Å²) >= 11 is 6.16. The Morgan fingerprint density at radius 3 is 2.07 bits per heavy atom. The first-order chi connectivity index (χ1) is 6.51. The molecule has 1 fully saturated rings. The van der Waals surface area contributed by atoms with Gasteiger partial charge in [0, 0.05) is 0 Å². The zero-order valence-corrected chi connectivity index (χ0v) is 8.97. The lowest BCUT2D eigenvalue weighted by atomic mass is 10.0. The van der Waals surface area contributed by atoms with Crippen LogP contribution in [0.15, 0.2) is 0 Å². The molecule has 0 spiro atoms. The summed E-state index contributed by atoms with van der Waals surface area (Å²) in [6.07, 6.45) is -0.142. The van der Waals surface area contributed by atoms with Crippen molar-refractivity contribution >= 4 is 23.5 Å². The van der Waals surface area contributed by atoms with Gasteiger partial charge in [-0.25, -0.2) is 0 Å². The second-order valence-corrected chi connectivity index (χ2v) is 3.98. The van der Waals surface area contributed by atoms with Gasteiger partial charge in [-0.3, -0.25) is 9.59 Å². The Morgan fingerprint density at radius 2 is 1.71 bits per heavy atom. The predicted molar refractivity (Wildman–Crippen MR) is 49.8 cm³/mol. The van der Waals surface area contributed by atoms with Crippen molar-refractivity contribution in [3.8, 4) is 0 Å². The third kappa shape index (κ3) is 2.18. The van der Waals surface area contributed by atoms with Gasteiger partial charge in [-0.05, 0) is 12.8 Å². The Morgan fingerprint density at radius 1 is 1.29 bits per heavy atom. The normalized spacial score (nSPS) is 19.1. The van der Waals surface area contributed by atoms with Crippen molar-refractivity contribution in [1.29, 1.82) is 0 Å². The minimum atomic E-state index is -0.951. The lowest BCUT2D eigenvalue weighted by Crippen LogP contribution is -2.46. The van der Waals surface area contributed by atoms with E-state index in [4.69, 9.17) is 21.1 Å². The SMILES string of the molecule is CCC(Cl)(CC)C1OC(=O)CC(=O)O1. The quantitative estimate of drug-likeness (QED) is 0.412. The number of hydrogen-bond acceptors (Lipinski definition) is 4. The number of rotatable bonds is 3. The Hall–Kier alpha value is -0.770. The maximum atomic E-state index is 11.0. The first-order valence-electron chi connectivity index (χ1n) is 4.59.